The molecular formula is C49H77NO11. The number of cyclic esters (lactones) is 1. The summed E-state index contributed by atoms with van der Waals surface area (Å²) in [7, 11) is 1.59. The molecule has 1 unspecified atom stereocenters. The highest BCUT2D eigenvalue weighted by molar-refractivity contribution is 5.86. The van der Waals surface area contributed by atoms with Crippen LogP contribution in [0.2, 0.25) is 0 Å². The van der Waals surface area contributed by atoms with E-state index in [9.17, 15) is 39.6 Å². The SMILES string of the molecule is CO[C@H]1CC(C[C@@H](C)[C@@H]2CC(=O)[C@H](C)/C=C(\C)[C@@H](O)CC(=O)[C@H](C)C[C@H](C)\C=C/C=C/C=C(\C)[C@@H](O)C[C@@H]3CC[C@@H](C)[C@](O)(CC(=O)N4CCCC[C@H]4C(=O)O2)O3)CC[C@@H]1O. The maximum atomic E-state index is 14.3. The maximum absolute atomic E-state index is 14.3. The molecule has 4 aliphatic rings. The van der Waals surface area contributed by atoms with Crippen LogP contribution >= 0.6 is 0 Å². The van der Waals surface area contributed by atoms with Gasteiger partial charge >= 0.3 is 5.97 Å². The van der Waals surface area contributed by atoms with E-state index in [4.69, 9.17) is 14.2 Å². The summed E-state index contributed by atoms with van der Waals surface area (Å²) in [6, 6.07) is -0.904. The van der Waals surface area contributed by atoms with Crippen molar-refractivity contribution in [1.82, 2.24) is 4.90 Å². The summed E-state index contributed by atoms with van der Waals surface area (Å²) < 4.78 is 18.1. The highest BCUT2D eigenvalue weighted by atomic mass is 16.6. The predicted molar refractivity (Wildman–Crippen MR) is 234 cm³/mol. The number of nitrogens with zero attached hydrogens (tertiary/aromatic N) is 1. The first-order valence-corrected chi connectivity index (χ1v) is 23.0. The number of ether oxygens (including phenoxy) is 3. The number of amides is 1. The fourth-order valence-corrected chi connectivity index (χ4v) is 9.60. The lowest BCUT2D eigenvalue weighted by Gasteiger charge is -2.44. The van der Waals surface area contributed by atoms with Crippen LogP contribution in [-0.4, -0.2) is 111 Å². The molecule has 1 saturated carbocycles. The molecule has 0 aromatic carbocycles. The molecule has 61 heavy (non-hydrogen) atoms. The van der Waals surface area contributed by atoms with Crippen LogP contribution in [0.15, 0.2) is 47.6 Å². The van der Waals surface area contributed by atoms with Gasteiger partial charge in [0.1, 0.15) is 23.7 Å². The number of esters is 1. The maximum Gasteiger partial charge on any atom is 0.329 e. The molecule has 1 aliphatic carbocycles. The van der Waals surface area contributed by atoms with Crippen LogP contribution in [0.3, 0.4) is 0 Å². The summed E-state index contributed by atoms with van der Waals surface area (Å²) in [5, 5.41) is 44.5. The van der Waals surface area contributed by atoms with Crippen molar-refractivity contribution in [2.75, 3.05) is 13.7 Å². The van der Waals surface area contributed by atoms with E-state index in [2.05, 4.69) is 0 Å². The number of aliphatic hydroxyl groups excluding tert-OH is 3. The van der Waals surface area contributed by atoms with Crippen LogP contribution in [0.4, 0.5) is 0 Å². The second-order valence-electron chi connectivity index (χ2n) is 19.1. The second kappa shape index (κ2) is 23.6. The first kappa shape index (κ1) is 50.6. The Balaban J connectivity index is 1.63. The number of carbonyl (C=O) groups is 4. The Morgan fingerprint density at radius 2 is 1.59 bits per heavy atom. The van der Waals surface area contributed by atoms with Crippen molar-refractivity contribution >= 4 is 23.4 Å². The lowest BCUT2D eigenvalue weighted by Crippen LogP contribution is -2.54. The van der Waals surface area contributed by atoms with Crippen molar-refractivity contribution in [3.63, 3.8) is 0 Å². The molecule has 4 rings (SSSR count). The molecule has 344 valence electrons. The van der Waals surface area contributed by atoms with Crippen molar-refractivity contribution in [1.29, 1.82) is 0 Å². The van der Waals surface area contributed by atoms with Gasteiger partial charge < -0.3 is 39.5 Å². The molecule has 2 bridgehead atoms. The van der Waals surface area contributed by atoms with E-state index in [1.165, 1.54) is 4.90 Å². The van der Waals surface area contributed by atoms with Gasteiger partial charge in [0.25, 0.3) is 0 Å². The number of hydrogen-bond donors (Lipinski definition) is 4. The minimum atomic E-state index is -1.79. The molecule has 3 aliphatic heterocycles. The zero-order valence-corrected chi connectivity index (χ0v) is 38.2. The van der Waals surface area contributed by atoms with Crippen molar-refractivity contribution in [3.8, 4) is 0 Å². The molecular weight excluding hydrogens is 779 g/mol. The monoisotopic (exact) mass is 856 g/mol. The first-order chi connectivity index (χ1) is 28.8. The minimum Gasteiger partial charge on any atom is -0.460 e. The van der Waals surface area contributed by atoms with E-state index >= 15 is 0 Å². The van der Waals surface area contributed by atoms with Gasteiger partial charge in [-0.2, -0.15) is 0 Å². The van der Waals surface area contributed by atoms with E-state index in [0.717, 1.165) is 12.0 Å². The smallest absolute Gasteiger partial charge is 0.329 e. The van der Waals surface area contributed by atoms with Crippen LogP contribution in [0, 0.1) is 35.5 Å². The van der Waals surface area contributed by atoms with Gasteiger partial charge in [-0.05, 0) is 107 Å². The van der Waals surface area contributed by atoms with Gasteiger partial charge in [0, 0.05) is 50.7 Å². The topological polar surface area (TPSA) is 180 Å². The van der Waals surface area contributed by atoms with Gasteiger partial charge in [-0.15, -0.1) is 0 Å². The summed E-state index contributed by atoms with van der Waals surface area (Å²) in [6.07, 6.45) is 13.0. The molecule has 0 spiro atoms. The lowest BCUT2D eigenvalue weighted by atomic mass is 9.78. The van der Waals surface area contributed by atoms with Crippen LogP contribution in [0.25, 0.3) is 0 Å². The molecule has 4 N–H and O–H groups in total. The number of ketones is 2. The largest absolute Gasteiger partial charge is 0.460 e. The van der Waals surface area contributed by atoms with E-state index in [-0.39, 0.29) is 72.9 Å². The fraction of sp³-hybridized carbons (Fsp3) is 0.755. The Morgan fingerprint density at radius 3 is 2.31 bits per heavy atom. The quantitative estimate of drug-likeness (QED) is 0.174. The fourth-order valence-electron chi connectivity index (χ4n) is 9.60. The standard InChI is InChI=1S/C49H77NO11/c1-30-14-10-9-11-15-31(2)41(52)26-38-19-17-36(7)49(58,61-38)29-47(56)50-21-13-12-16-39(50)48(57)60-45(35(6)24-37-18-20-40(51)46(25-37)59-8)28-44(55)34(5)23-33(4)43(54)27-42(53)32(3)22-30/h9-11,14-15,23,30,32,34-41,43,45-46,51-52,54,58H,12-13,16-22,24-29H2,1-8H3/b11-9+,14-10-,31-15+,33-23+/t30-,32-,34-,35-,36-,37?,38+,39+,40+,41+,43+,45+,46+,49+/m1/s1. The summed E-state index contributed by atoms with van der Waals surface area (Å²) in [4.78, 5) is 57.1. The molecule has 3 heterocycles. The molecule has 0 aromatic heterocycles. The third-order valence-corrected chi connectivity index (χ3v) is 14.0. The Bertz CT molecular complexity index is 1600. The second-order valence-corrected chi connectivity index (χ2v) is 19.1. The average Bonchev–Trinajstić information content (AvgIpc) is 3.21. The summed E-state index contributed by atoms with van der Waals surface area (Å²) in [5.74, 6) is -4.33. The average molecular weight is 856 g/mol. The van der Waals surface area contributed by atoms with E-state index in [0.29, 0.717) is 69.9 Å². The van der Waals surface area contributed by atoms with Crippen LogP contribution in [-0.2, 0) is 33.4 Å². The molecule has 12 nitrogen and oxygen atoms in total. The molecule has 1 amide bonds. The predicted octanol–water partition coefficient (Wildman–Crippen LogP) is 6.72. The number of aliphatic hydroxyl groups is 4. The van der Waals surface area contributed by atoms with Gasteiger partial charge in [0.15, 0.2) is 5.79 Å². The van der Waals surface area contributed by atoms with Crippen LogP contribution < -0.4 is 0 Å². The highest BCUT2D eigenvalue weighted by Crippen LogP contribution is 2.38. The number of rotatable bonds is 4. The Kier molecular flexibility index (Phi) is 19.6. The molecule has 0 aromatic rings. The minimum absolute atomic E-state index is 0.0663. The summed E-state index contributed by atoms with van der Waals surface area (Å²) in [6.45, 7) is 13.3. The van der Waals surface area contributed by atoms with Gasteiger partial charge in [-0.3, -0.25) is 14.4 Å². The molecule has 14 atom stereocenters. The van der Waals surface area contributed by atoms with Crippen molar-refractivity contribution in [2.24, 2.45) is 35.5 Å². The molecule has 2 saturated heterocycles. The number of piperidine rings is 1. The molecule has 0 radical (unpaired) electrons. The molecule has 12 heteroatoms. The number of hydrogen-bond acceptors (Lipinski definition) is 11. The van der Waals surface area contributed by atoms with Crippen LogP contribution in [0.5, 0.6) is 0 Å². The normalized spacial score (nSPS) is 41.0. The van der Waals surface area contributed by atoms with Crippen molar-refractivity contribution < 1.29 is 53.8 Å². The van der Waals surface area contributed by atoms with E-state index in [1.54, 1.807) is 27.0 Å². The molecule has 3 fully saturated rings. The Morgan fingerprint density at radius 1 is 0.852 bits per heavy atom. The van der Waals surface area contributed by atoms with E-state index in [1.807, 2.05) is 65.0 Å². The highest BCUT2D eigenvalue weighted by Gasteiger charge is 2.46. The Hall–Kier alpha value is -3.00. The summed E-state index contributed by atoms with van der Waals surface area (Å²) in [5.41, 5.74) is 1.24. The first-order valence-electron chi connectivity index (χ1n) is 23.0. The Labute approximate surface area is 364 Å². The van der Waals surface area contributed by atoms with Gasteiger partial charge in [-0.25, -0.2) is 4.79 Å². The van der Waals surface area contributed by atoms with Crippen molar-refractivity contribution in [3.05, 3.63) is 47.6 Å². The number of fused-ring (bicyclic) bond motifs is 3. The van der Waals surface area contributed by atoms with Crippen LogP contribution in [0.1, 0.15) is 138 Å². The van der Waals surface area contributed by atoms with Crippen molar-refractivity contribution in [2.45, 2.75) is 187 Å². The van der Waals surface area contributed by atoms with Gasteiger partial charge in [-0.1, -0.05) is 71.1 Å². The number of methoxy groups -OCH3 is 1. The number of carbonyl (C=O) groups excluding carboxylic acids is 4. The van der Waals surface area contributed by atoms with Gasteiger partial charge in [0.2, 0.25) is 5.91 Å². The zero-order chi connectivity index (χ0) is 45.0. The third-order valence-electron chi connectivity index (χ3n) is 14.0. The van der Waals surface area contributed by atoms with E-state index < -0.39 is 60.1 Å². The lowest BCUT2D eigenvalue weighted by molar-refractivity contribution is -0.283. The summed E-state index contributed by atoms with van der Waals surface area (Å²) >= 11 is 0. The zero-order valence-electron chi connectivity index (χ0n) is 38.2. The number of Topliss-reactive ketones (excluding diaryl/α,β-unsaturated/α-hetero) is 2. The van der Waals surface area contributed by atoms with Gasteiger partial charge in [0.05, 0.1) is 36.9 Å². The number of allylic oxidation sites excluding steroid dienone is 6. The third kappa shape index (κ3) is 14.8.